The van der Waals surface area contributed by atoms with Crippen LogP contribution >= 0.6 is 11.6 Å². The van der Waals surface area contributed by atoms with E-state index < -0.39 is 0 Å². The first kappa shape index (κ1) is 20.5. The number of imidazole rings is 1. The minimum absolute atomic E-state index is 0.169. The van der Waals surface area contributed by atoms with Gasteiger partial charge in [0, 0.05) is 17.9 Å². The highest BCUT2D eigenvalue weighted by atomic mass is 35.5. The van der Waals surface area contributed by atoms with Gasteiger partial charge in [0.05, 0.1) is 23.9 Å². The van der Waals surface area contributed by atoms with Crippen LogP contribution in [0.3, 0.4) is 0 Å². The van der Waals surface area contributed by atoms with Gasteiger partial charge in [-0.05, 0) is 34.7 Å². The maximum Gasteiger partial charge on any atom is 0.150 e. The number of azide groups is 1. The summed E-state index contributed by atoms with van der Waals surface area (Å²) in [6.45, 7) is 2.89. The van der Waals surface area contributed by atoms with Gasteiger partial charge in [-0.15, -0.1) is 0 Å². The summed E-state index contributed by atoms with van der Waals surface area (Å²) in [6.07, 6.45) is 2.89. The van der Waals surface area contributed by atoms with E-state index >= 15 is 0 Å². The topological polar surface area (TPSA) is 90.4 Å². The van der Waals surface area contributed by atoms with Crippen molar-refractivity contribution in [1.82, 2.24) is 9.55 Å². The maximum atomic E-state index is 9.33. The molecule has 0 N–H and O–H groups in total. The molecule has 3 rings (SSSR count). The molecule has 1 heterocycles. The highest BCUT2D eigenvalue weighted by molar-refractivity contribution is 6.30. The summed E-state index contributed by atoms with van der Waals surface area (Å²) in [7, 11) is 0. The third-order valence-electron chi connectivity index (χ3n) is 4.79. The molecule has 0 saturated carbocycles. The zero-order valence-electron chi connectivity index (χ0n) is 16.2. The Balaban J connectivity index is 1.91. The maximum absolute atomic E-state index is 9.33. The number of nitriles is 1. The minimum Gasteiger partial charge on any atom is -0.326 e. The number of benzene rings is 2. The fraction of sp³-hybridized carbons (Fsp3) is 0.273. The van der Waals surface area contributed by atoms with Crippen LogP contribution in [-0.4, -0.2) is 9.55 Å². The first-order valence-electron chi connectivity index (χ1n) is 9.51. The monoisotopic (exact) mass is 404 g/mol. The molecule has 2 aromatic carbocycles. The Morgan fingerprint density at radius 1 is 1.21 bits per heavy atom. The van der Waals surface area contributed by atoms with Gasteiger partial charge in [-0.1, -0.05) is 72.5 Å². The van der Waals surface area contributed by atoms with E-state index in [1.165, 1.54) is 0 Å². The molecular weight excluding hydrogens is 384 g/mol. The predicted molar refractivity (Wildman–Crippen MR) is 114 cm³/mol. The van der Waals surface area contributed by atoms with E-state index in [1.807, 2.05) is 53.1 Å². The molecule has 0 amide bonds. The molecule has 0 aliphatic carbocycles. The number of nitrogens with zero attached hydrogens (tertiary/aromatic N) is 6. The average molecular weight is 405 g/mol. The molecule has 3 aromatic rings. The first-order chi connectivity index (χ1) is 14.2. The Morgan fingerprint density at radius 2 is 1.97 bits per heavy atom. The average Bonchev–Trinajstić information content (AvgIpc) is 3.05. The molecule has 146 valence electrons. The van der Waals surface area contributed by atoms with E-state index in [0.29, 0.717) is 17.3 Å². The number of halogens is 1. The van der Waals surface area contributed by atoms with Crippen molar-refractivity contribution in [3.05, 3.63) is 86.8 Å². The van der Waals surface area contributed by atoms with Gasteiger partial charge in [0.15, 0.2) is 5.15 Å². The molecule has 1 aromatic heterocycles. The van der Waals surface area contributed by atoms with Crippen molar-refractivity contribution in [3.63, 3.8) is 0 Å². The van der Waals surface area contributed by atoms with Crippen LogP contribution in [0, 0.1) is 11.3 Å². The molecule has 0 aliphatic heterocycles. The van der Waals surface area contributed by atoms with Gasteiger partial charge in [-0.2, -0.15) is 5.26 Å². The van der Waals surface area contributed by atoms with Crippen molar-refractivity contribution >= 4 is 11.6 Å². The van der Waals surface area contributed by atoms with E-state index in [2.05, 4.69) is 28.0 Å². The molecule has 0 fully saturated rings. The highest BCUT2D eigenvalue weighted by Gasteiger charge is 2.15. The zero-order valence-corrected chi connectivity index (χ0v) is 17.0. The number of aryl methyl sites for hydroxylation is 1. The van der Waals surface area contributed by atoms with Gasteiger partial charge < -0.3 is 4.57 Å². The number of unbranched alkanes of at least 4 members (excludes halogenated alkanes) is 1. The lowest BCUT2D eigenvalue weighted by molar-refractivity contribution is 0.655. The third-order valence-corrected chi connectivity index (χ3v) is 5.10. The lowest BCUT2D eigenvalue weighted by Crippen LogP contribution is -2.09. The lowest BCUT2D eigenvalue weighted by atomic mass is 9.99. The van der Waals surface area contributed by atoms with Crippen molar-refractivity contribution in [2.45, 2.75) is 39.3 Å². The molecule has 0 saturated heterocycles. The second-order valence-electron chi connectivity index (χ2n) is 6.70. The first-order valence-corrected chi connectivity index (χ1v) is 9.88. The van der Waals surface area contributed by atoms with Gasteiger partial charge in [-0.3, -0.25) is 0 Å². The van der Waals surface area contributed by atoms with E-state index in [0.717, 1.165) is 47.5 Å². The molecule has 29 heavy (non-hydrogen) atoms. The minimum atomic E-state index is 0.169. The predicted octanol–water partition coefficient (Wildman–Crippen LogP) is 6.28. The quantitative estimate of drug-likeness (QED) is 0.251. The normalized spacial score (nSPS) is 10.4. The zero-order chi connectivity index (χ0) is 20.6. The molecule has 0 bridgehead atoms. The Morgan fingerprint density at radius 3 is 2.66 bits per heavy atom. The van der Waals surface area contributed by atoms with Gasteiger partial charge in [-0.25, -0.2) is 4.98 Å². The smallest absolute Gasteiger partial charge is 0.150 e. The van der Waals surface area contributed by atoms with Crippen molar-refractivity contribution in [2.75, 3.05) is 0 Å². The second-order valence-corrected chi connectivity index (χ2v) is 7.06. The Labute approximate surface area is 175 Å². The second kappa shape index (κ2) is 9.79. The molecule has 7 heteroatoms. The van der Waals surface area contributed by atoms with Crippen LogP contribution in [-0.2, 0) is 19.5 Å². The highest BCUT2D eigenvalue weighted by Crippen LogP contribution is 2.25. The van der Waals surface area contributed by atoms with Gasteiger partial charge in [0.25, 0.3) is 0 Å². The molecule has 0 unspecified atom stereocenters. The summed E-state index contributed by atoms with van der Waals surface area (Å²) in [6, 6.07) is 17.9. The molecule has 0 atom stereocenters. The summed E-state index contributed by atoms with van der Waals surface area (Å²) in [5.74, 6) is 0.902. The van der Waals surface area contributed by atoms with E-state index in [4.69, 9.17) is 17.1 Å². The van der Waals surface area contributed by atoms with Crippen LogP contribution in [0.25, 0.3) is 21.6 Å². The van der Waals surface area contributed by atoms with Gasteiger partial charge in [0.2, 0.25) is 0 Å². The van der Waals surface area contributed by atoms with Gasteiger partial charge in [0.1, 0.15) is 5.82 Å². The van der Waals surface area contributed by atoms with Crippen molar-refractivity contribution in [1.29, 1.82) is 5.26 Å². The molecule has 0 radical (unpaired) electrons. The third kappa shape index (κ3) is 4.78. The summed E-state index contributed by atoms with van der Waals surface area (Å²) in [5.41, 5.74) is 13.1. The summed E-state index contributed by atoms with van der Waals surface area (Å²) in [4.78, 5) is 7.35. The number of rotatable bonds is 8. The van der Waals surface area contributed by atoms with Crippen molar-refractivity contribution in [2.24, 2.45) is 5.11 Å². The Bertz CT molecular complexity index is 1070. The molecule has 6 nitrogen and oxygen atoms in total. The molecule has 0 spiro atoms. The van der Waals surface area contributed by atoms with Crippen LogP contribution in [0.5, 0.6) is 0 Å². The number of aromatic nitrogens is 2. The number of hydrogen-bond acceptors (Lipinski definition) is 3. The number of hydrogen-bond donors (Lipinski definition) is 0. The van der Waals surface area contributed by atoms with E-state index in [9.17, 15) is 5.26 Å². The van der Waals surface area contributed by atoms with Crippen molar-refractivity contribution in [3.8, 4) is 17.2 Å². The van der Waals surface area contributed by atoms with Crippen molar-refractivity contribution < 1.29 is 0 Å². The van der Waals surface area contributed by atoms with Crippen LogP contribution in [0.1, 0.15) is 42.4 Å². The molecular formula is C22H21ClN6. The van der Waals surface area contributed by atoms with E-state index in [1.54, 1.807) is 0 Å². The summed E-state index contributed by atoms with van der Waals surface area (Å²) >= 11 is 6.32. The largest absolute Gasteiger partial charge is 0.326 e. The summed E-state index contributed by atoms with van der Waals surface area (Å²) < 4.78 is 2.05. The lowest BCUT2D eigenvalue weighted by Gasteiger charge is -2.12. The Kier molecular flexibility index (Phi) is 6.91. The fourth-order valence-electron chi connectivity index (χ4n) is 3.27. The van der Waals surface area contributed by atoms with Gasteiger partial charge >= 0.3 is 0 Å². The van der Waals surface area contributed by atoms with Crippen LogP contribution in [0.4, 0.5) is 0 Å². The summed E-state index contributed by atoms with van der Waals surface area (Å²) in [5, 5.41) is 13.4. The van der Waals surface area contributed by atoms with Crippen LogP contribution in [0.15, 0.2) is 53.6 Å². The fourth-order valence-corrected chi connectivity index (χ4v) is 3.53. The van der Waals surface area contributed by atoms with E-state index in [-0.39, 0.29) is 6.54 Å². The van der Waals surface area contributed by atoms with Crippen LogP contribution in [0.2, 0.25) is 5.15 Å². The SMILES string of the molecule is CCCCc1nc(Cl)c(CN=[N+]=[N-])n1Cc1ccc(-c2ccccc2C#N)cc1. The van der Waals surface area contributed by atoms with Crippen LogP contribution < -0.4 is 0 Å². The Hall–Kier alpha value is -3.26. The molecule has 0 aliphatic rings. The standard InChI is InChI=1S/C22H21ClN6/c1-2-3-8-21-27-22(23)20(14-26-28-25)29(21)15-16-9-11-17(12-10-16)19-7-5-4-6-18(19)13-24/h4-7,9-12H,2-3,8,14-15H2,1H3.